The Morgan fingerprint density at radius 2 is 2.05 bits per heavy atom. The number of carbonyl (C=O) groups is 2. The molecule has 0 aliphatic heterocycles. The van der Waals surface area contributed by atoms with E-state index in [-0.39, 0.29) is 18.0 Å². The molecule has 0 spiro atoms. The number of nitrogens with one attached hydrogen (secondary N) is 1. The van der Waals surface area contributed by atoms with Crippen molar-refractivity contribution in [2.45, 2.75) is 39.3 Å². The van der Waals surface area contributed by atoms with Crippen molar-refractivity contribution in [1.29, 1.82) is 0 Å². The summed E-state index contributed by atoms with van der Waals surface area (Å²) >= 11 is 1.65. The molecule has 0 saturated carbocycles. The van der Waals surface area contributed by atoms with E-state index in [9.17, 15) is 9.59 Å². The molecule has 5 nitrogen and oxygen atoms in total. The van der Waals surface area contributed by atoms with Gasteiger partial charge in [0.15, 0.2) is 0 Å². The van der Waals surface area contributed by atoms with E-state index in [2.05, 4.69) is 5.32 Å². The number of rotatable bonds is 6. The molecule has 0 aliphatic carbocycles. The normalized spacial score (nSPS) is 13.8. The second-order valence-corrected chi connectivity index (χ2v) is 6.29. The third-order valence-electron chi connectivity index (χ3n) is 3.27. The second kappa shape index (κ2) is 7.28. The molecule has 20 heavy (non-hydrogen) atoms. The number of hydrogen-bond donors (Lipinski definition) is 2. The smallest absolute Gasteiger partial charge is 0.326 e. The maximum absolute atomic E-state index is 12.1. The molecule has 6 heteroatoms. The number of thiophene rings is 1. The van der Waals surface area contributed by atoms with Gasteiger partial charge in [0.2, 0.25) is 0 Å². The number of nitrogens with zero attached hydrogens (tertiary/aromatic N) is 1. The highest BCUT2D eigenvalue weighted by atomic mass is 32.1. The predicted octanol–water partition coefficient (Wildman–Crippen LogP) is 2.43. The van der Waals surface area contributed by atoms with Gasteiger partial charge >= 0.3 is 12.0 Å². The number of amides is 2. The minimum absolute atomic E-state index is 0.00950. The number of likely N-dealkylation sites (N-methyl/N-ethyl adjacent to an activating group) is 1. The fourth-order valence-electron chi connectivity index (χ4n) is 1.81. The van der Waals surface area contributed by atoms with Crippen LogP contribution in [0.5, 0.6) is 0 Å². The molecule has 1 aromatic heterocycles. The molecule has 1 unspecified atom stereocenters. The average molecular weight is 298 g/mol. The molecule has 1 rings (SSSR count). The third-order valence-corrected chi connectivity index (χ3v) is 4.17. The minimum atomic E-state index is -1.01. The predicted molar refractivity (Wildman–Crippen MR) is 80.0 cm³/mol. The van der Waals surface area contributed by atoms with Crippen LogP contribution in [0.15, 0.2) is 17.5 Å². The summed E-state index contributed by atoms with van der Waals surface area (Å²) in [4.78, 5) is 25.9. The van der Waals surface area contributed by atoms with Crippen molar-refractivity contribution < 1.29 is 14.7 Å². The Morgan fingerprint density at radius 1 is 1.40 bits per heavy atom. The molecule has 112 valence electrons. The Bertz CT molecular complexity index is 445. The number of aliphatic carboxylic acids is 1. The van der Waals surface area contributed by atoms with Crippen molar-refractivity contribution in [2.75, 3.05) is 7.05 Å². The average Bonchev–Trinajstić information content (AvgIpc) is 2.86. The van der Waals surface area contributed by atoms with Gasteiger partial charge in [-0.15, -0.1) is 11.3 Å². The zero-order valence-electron chi connectivity index (χ0n) is 12.3. The molecule has 0 aliphatic rings. The molecule has 0 aromatic carbocycles. The number of carboxylic acids is 1. The minimum Gasteiger partial charge on any atom is -0.480 e. The summed E-state index contributed by atoms with van der Waals surface area (Å²) in [7, 11) is 1.69. The van der Waals surface area contributed by atoms with Crippen LogP contribution in [0, 0.1) is 5.92 Å². The zero-order valence-corrected chi connectivity index (χ0v) is 13.1. The van der Waals surface area contributed by atoms with E-state index in [1.807, 2.05) is 24.4 Å². The van der Waals surface area contributed by atoms with Crippen molar-refractivity contribution in [3.63, 3.8) is 0 Å². The summed E-state index contributed by atoms with van der Waals surface area (Å²) in [5, 5.41) is 13.7. The Balaban J connectivity index is 2.59. The highest BCUT2D eigenvalue weighted by Crippen LogP contribution is 2.14. The SMILES string of the molecule is CC(C)[C@H](NC(=O)N(C)C(C)Cc1cccs1)C(=O)O. The maximum Gasteiger partial charge on any atom is 0.326 e. The first-order valence-electron chi connectivity index (χ1n) is 6.61. The van der Waals surface area contributed by atoms with Gasteiger partial charge in [-0.2, -0.15) is 0 Å². The molecule has 2 N–H and O–H groups in total. The Labute approximate surface area is 123 Å². The van der Waals surface area contributed by atoms with E-state index >= 15 is 0 Å². The largest absolute Gasteiger partial charge is 0.480 e. The van der Waals surface area contributed by atoms with E-state index in [4.69, 9.17) is 5.11 Å². The van der Waals surface area contributed by atoms with E-state index in [0.717, 1.165) is 6.42 Å². The summed E-state index contributed by atoms with van der Waals surface area (Å²) in [5.41, 5.74) is 0. The molecule has 0 bridgehead atoms. The van der Waals surface area contributed by atoms with Gasteiger partial charge in [-0.25, -0.2) is 9.59 Å². The molecule has 1 aromatic rings. The second-order valence-electron chi connectivity index (χ2n) is 5.25. The number of carbonyl (C=O) groups excluding carboxylic acids is 1. The van der Waals surface area contributed by atoms with Crippen LogP contribution in [-0.2, 0) is 11.2 Å². The van der Waals surface area contributed by atoms with Crippen LogP contribution in [0.25, 0.3) is 0 Å². The van der Waals surface area contributed by atoms with Gasteiger partial charge in [0.25, 0.3) is 0 Å². The third kappa shape index (κ3) is 4.52. The molecule has 0 radical (unpaired) electrons. The molecule has 1 heterocycles. The molecule has 0 saturated heterocycles. The lowest BCUT2D eigenvalue weighted by Crippen LogP contribution is -2.51. The van der Waals surface area contributed by atoms with Crippen LogP contribution in [-0.4, -0.2) is 41.1 Å². The Kier molecular flexibility index (Phi) is 6.01. The summed E-state index contributed by atoms with van der Waals surface area (Å²) in [6.07, 6.45) is 0.765. The number of carboxylic acid groups (broad SMARTS) is 1. The molecular weight excluding hydrogens is 276 g/mol. The highest BCUT2D eigenvalue weighted by molar-refractivity contribution is 7.09. The topological polar surface area (TPSA) is 69.6 Å². The van der Waals surface area contributed by atoms with Crippen molar-refractivity contribution in [3.05, 3.63) is 22.4 Å². The van der Waals surface area contributed by atoms with E-state index in [1.165, 1.54) is 4.88 Å². The summed E-state index contributed by atoms with van der Waals surface area (Å²) in [6.45, 7) is 5.49. The van der Waals surface area contributed by atoms with Crippen LogP contribution < -0.4 is 5.32 Å². The van der Waals surface area contributed by atoms with Gasteiger partial charge in [-0.05, 0) is 24.3 Å². The maximum atomic E-state index is 12.1. The zero-order chi connectivity index (χ0) is 15.3. The fraction of sp³-hybridized carbons (Fsp3) is 0.571. The van der Waals surface area contributed by atoms with Crippen LogP contribution in [0.4, 0.5) is 4.79 Å². The first kappa shape index (κ1) is 16.5. The number of hydrogen-bond acceptors (Lipinski definition) is 3. The monoisotopic (exact) mass is 298 g/mol. The standard InChI is InChI=1S/C14H22N2O3S/c1-9(2)12(13(17)18)15-14(19)16(4)10(3)8-11-6-5-7-20-11/h5-7,9-10,12H,8H2,1-4H3,(H,15,19)(H,17,18)/t10?,12-/m0/s1. The molecular formula is C14H22N2O3S. The van der Waals surface area contributed by atoms with Gasteiger partial charge in [0, 0.05) is 24.4 Å². The van der Waals surface area contributed by atoms with E-state index in [1.54, 1.807) is 37.1 Å². The number of urea groups is 1. The van der Waals surface area contributed by atoms with Gasteiger partial charge in [0.05, 0.1) is 0 Å². The van der Waals surface area contributed by atoms with Crippen molar-refractivity contribution in [3.8, 4) is 0 Å². The summed E-state index contributed by atoms with van der Waals surface area (Å²) in [6, 6.07) is 2.80. The van der Waals surface area contributed by atoms with Crippen molar-refractivity contribution >= 4 is 23.3 Å². The molecule has 2 atom stereocenters. The molecule has 2 amide bonds. The Hall–Kier alpha value is -1.56. The van der Waals surface area contributed by atoms with Gasteiger partial charge < -0.3 is 15.3 Å². The van der Waals surface area contributed by atoms with Crippen molar-refractivity contribution in [2.24, 2.45) is 5.92 Å². The lowest BCUT2D eigenvalue weighted by Gasteiger charge is -2.27. The van der Waals surface area contributed by atoms with Crippen LogP contribution in [0.2, 0.25) is 0 Å². The van der Waals surface area contributed by atoms with Crippen LogP contribution >= 0.6 is 11.3 Å². The first-order chi connectivity index (χ1) is 9.32. The lowest BCUT2D eigenvalue weighted by atomic mass is 10.1. The van der Waals surface area contributed by atoms with E-state index in [0.29, 0.717) is 0 Å². The highest BCUT2D eigenvalue weighted by Gasteiger charge is 2.26. The Morgan fingerprint density at radius 3 is 2.50 bits per heavy atom. The van der Waals surface area contributed by atoms with Gasteiger partial charge in [-0.1, -0.05) is 19.9 Å². The van der Waals surface area contributed by atoms with Crippen LogP contribution in [0.3, 0.4) is 0 Å². The summed E-state index contributed by atoms with van der Waals surface area (Å²) in [5.74, 6) is -1.16. The lowest BCUT2D eigenvalue weighted by molar-refractivity contribution is -0.140. The fourth-order valence-corrected chi connectivity index (χ4v) is 2.63. The quantitative estimate of drug-likeness (QED) is 0.847. The summed E-state index contributed by atoms with van der Waals surface area (Å²) < 4.78 is 0. The van der Waals surface area contributed by atoms with Gasteiger partial charge in [-0.3, -0.25) is 0 Å². The van der Waals surface area contributed by atoms with Crippen molar-refractivity contribution in [1.82, 2.24) is 10.2 Å². The van der Waals surface area contributed by atoms with Crippen LogP contribution in [0.1, 0.15) is 25.6 Å². The van der Waals surface area contributed by atoms with E-state index < -0.39 is 12.0 Å². The first-order valence-corrected chi connectivity index (χ1v) is 7.49. The molecule has 0 fully saturated rings. The van der Waals surface area contributed by atoms with Gasteiger partial charge in [0.1, 0.15) is 6.04 Å².